The van der Waals surface area contributed by atoms with Gasteiger partial charge < -0.3 is 10.6 Å². The maximum absolute atomic E-state index is 13.7. The predicted molar refractivity (Wildman–Crippen MR) is 72.4 cm³/mol. The Balaban J connectivity index is 2.97. The molecule has 0 saturated carbocycles. The molecule has 0 bridgehead atoms. The molecular formula is C14H20F2N2O. The second-order valence-corrected chi connectivity index (χ2v) is 5.45. The van der Waals surface area contributed by atoms with Crippen LogP contribution < -0.4 is 10.6 Å². The van der Waals surface area contributed by atoms with Gasteiger partial charge >= 0.3 is 0 Å². The standard InChI is InChI=1S/C14H20F2N2O/c1-5-6-17-12-10(15)7-9(8-11(12)16)13(19)18-14(2,3)4/h7-8,17H,5-6H2,1-4H3,(H,18,19). The maximum atomic E-state index is 13.7. The van der Waals surface area contributed by atoms with Crippen LogP contribution in [0.2, 0.25) is 0 Å². The van der Waals surface area contributed by atoms with E-state index in [2.05, 4.69) is 10.6 Å². The molecule has 0 unspecified atom stereocenters. The van der Waals surface area contributed by atoms with Crippen molar-refractivity contribution in [2.75, 3.05) is 11.9 Å². The molecule has 3 nitrogen and oxygen atoms in total. The van der Waals surface area contributed by atoms with Crippen LogP contribution in [0.1, 0.15) is 44.5 Å². The van der Waals surface area contributed by atoms with Crippen molar-refractivity contribution in [3.8, 4) is 0 Å². The number of hydrogen-bond donors (Lipinski definition) is 2. The first-order chi connectivity index (χ1) is 8.74. The highest BCUT2D eigenvalue weighted by Gasteiger charge is 2.18. The van der Waals surface area contributed by atoms with E-state index < -0.39 is 23.1 Å². The summed E-state index contributed by atoms with van der Waals surface area (Å²) in [5.74, 6) is -2.01. The van der Waals surface area contributed by atoms with E-state index in [0.29, 0.717) is 6.54 Å². The van der Waals surface area contributed by atoms with Gasteiger partial charge in [0.2, 0.25) is 0 Å². The first-order valence-corrected chi connectivity index (χ1v) is 6.30. The van der Waals surface area contributed by atoms with E-state index in [1.165, 1.54) is 0 Å². The zero-order valence-electron chi connectivity index (χ0n) is 11.7. The fourth-order valence-corrected chi connectivity index (χ4v) is 1.54. The molecule has 5 heteroatoms. The summed E-state index contributed by atoms with van der Waals surface area (Å²) in [7, 11) is 0. The van der Waals surface area contributed by atoms with Crippen LogP contribution in [0.4, 0.5) is 14.5 Å². The van der Waals surface area contributed by atoms with Crippen LogP contribution in [0.25, 0.3) is 0 Å². The third kappa shape index (κ3) is 4.50. The van der Waals surface area contributed by atoms with Crippen molar-refractivity contribution in [3.05, 3.63) is 29.3 Å². The maximum Gasteiger partial charge on any atom is 0.251 e. The van der Waals surface area contributed by atoms with Crippen molar-refractivity contribution >= 4 is 11.6 Å². The number of halogens is 2. The van der Waals surface area contributed by atoms with E-state index in [4.69, 9.17) is 0 Å². The molecule has 0 aliphatic carbocycles. The number of hydrogen-bond acceptors (Lipinski definition) is 2. The summed E-state index contributed by atoms with van der Waals surface area (Å²) in [6.45, 7) is 7.77. The van der Waals surface area contributed by atoms with Gasteiger partial charge in [0.05, 0.1) is 0 Å². The molecule has 0 saturated heterocycles. The van der Waals surface area contributed by atoms with Gasteiger partial charge in [-0.3, -0.25) is 4.79 Å². The van der Waals surface area contributed by atoms with Crippen LogP contribution in [-0.4, -0.2) is 18.0 Å². The van der Waals surface area contributed by atoms with Gasteiger partial charge in [-0.25, -0.2) is 8.78 Å². The van der Waals surface area contributed by atoms with E-state index in [9.17, 15) is 13.6 Å². The van der Waals surface area contributed by atoms with Crippen LogP contribution in [0.5, 0.6) is 0 Å². The van der Waals surface area contributed by atoms with Crippen LogP contribution in [-0.2, 0) is 0 Å². The number of carbonyl (C=O) groups is 1. The molecule has 0 heterocycles. The van der Waals surface area contributed by atoms with Crippen molar-refractivity contribution in [2.24, 2.45) is 0 Å². The van der Waals surface area contributed by atoms with Crippen LogP contribution in [0.15, 0.2) is 12.1 Å². The number of anilines is 1. The lowest BCUT2D eigenvalue weighted by Crippen LogP contribution is -2.40. The molecule has 1 amide bonds. The van der Waals surface area contributed by atoms with Crippen molar-refractivity contribution in [1.29, 1.82) is 0 Å². The van der Waals surface area contributed by atoms with Gasteiger partial charge in [0.25, 0.3) is 5.91 Å². The number of amides is 1. The van der Waals surface area contributed by atoms with Crippen molar-refractivity contribution in [3.63, 3.8) is 0 Å². The van der Waals surface area contributed by atoms with E-state index >= 15 is 0 Å². The summed E-state index contributed by atoms with van der Waals surface area (Å²) in [5, 5.41) is 5.32. The van der Waals surface area contributed by atoms with E-state index in [1.807, 2.05) is 6.92 Å². The number of carbonyl (C=O) groups excluding carboxylic acids is 1. The van der Waals surface area contributed by atoms with Crippen LogP contribution >= 0.6 is 0 Å². The highest BCUT2D eigenvalue weighted by Crippen LogP contribution is 2.21. The fraction of sp³-hybridized carbons (Fsp3) is 0.500. The Hall–Kier alpha value is -1.65. The fourth-order valence-electron chi connectivity index (χ4n) is 1.54. The highest BCUT2D eigenvalue weighted by molar-refractivity contribution is 5.95. The van der Waals surface area contributed by atoms with Gasteiger partial charge in [-0.1, -0.05) is 6.92 Å². The lowest BCUT2D eigenvalue weighted by Gasteiger charge is -2.20. The Morgan fingerprint density at radius 3 is 2.16 bits per heavy atom. The smallest absolute Gasteiger partial charge is 0.251 e. The third-order valence-corrected chi connectivity index (χ3v) is 2.34. The SMILES string of the molecule is CCCNc1c(F)cc(C(=O)NC(C)(C)C)cc1F. The number of rotatable bonds is 4. The Kier molecular flexibility index (Phi) is 4.86. The summed E-state index contributed by atoms with van der Waals surface area (Å²) in [6, 6.07) is 2.09. The van der Waals surface area contributed by atoms with Crippen LogP contribution in [0.3, 0.4) is 0 Å². The van der Waals surface area contributed by atoms with Crippen molar-refractivity contribution < 1.29 is 13.6 Å². The van der Waals surface area contributed by atoms with E-state index in [-0.39, 0.29) is 11.3 Å². The third-order valence-electron chi connectivity index (χ3n) is 2.34. The summed E-state index contributed by atoms with van der Waals surface area (Å²) in [4.78, 5) is 11.8. The molecule has 2 N–H and O–H groups in total. The summed E-state index contributed by atoms with van der Waals surface area (Å²) in [5.41, 5.74) is -0.662. The van der Waals surface area contributed by atoms with E-state index in [0.717, 1.165) is 18.6 Å². The average molecular weight is 270 g/mol. The lowest BCUT2D eigenvalue weighted by molar-refractivity contribution is 0.0918. The van der Waals surface area contributed by atoms with Crippen LogP contribution in [0, 0.1) is 11.6 Å². The molecule has 0 aromatic heterocycles. The molecule has 0 radical (unpaired) electrons. The van der Waals surface area contributed by atoms with Crippen molar-refractivity contribution in [2.45, 2.75) is 39.7 Å². The molecule has 1 rings (SSSR count). The quantitative estimate of drug-likeness (QED) is 0.881. The molecular weight excluding hydrogens is 250 g/mol. The van der Waals surface area contributed by atoms with E-state index in [1.54, 1.807) is 20.8 Å². The van der Waals surface area contributed by atoms with Gasteiger partial charge in [0.15, 0.2) is 0 Å². The molecule has 0 fully saturated rings. The molecule has 0 spiro atoms. The zero-order valence-corrected chi connectivity index (χ0v) is 11.7. The Morgan fingerprint density at radius 2 is 1.74 bits per heavy atom. The average Bonchev–Trinajstić information content (AvgIpc) is 2.25. The van der Waals surface area contributed by atoms with Gasteiger partial charge in [-0.2, -0.15) is 0 Å². The van der Waals surface area contributed by atoms with Gasteiger partial charge in [0, 0.05) is 17.6 Å². The molecule has 19 heavy (non-hydrogen) atoms. The second kappa shape index (κ2) is 5.99. The number of benzene rings is 1. The Morgan fingerprint density at radius 1 is 1.21 bits per heavy atom. The van der Waals surface area contributed by atoms with Gasteiger partial charge in [-0.05, 0) is 39.3 Å². The minimum atomic E-state index is -0.757. The van der Waals surface area contributed by atoms with Gasteiger partial charge in [-0.15, -0.1) is 0 Å². The Labute approximate surface area is 112 Å². The zero-order chi connectivity index (χ0) is 14.6. The van der Waals surface area contributed by atoms with Crippen molar-refractivity contribution in [1.82, 2.24) is 5.32 Å². The molecule has 0 aliphatic rings. The predicted octanol–water partition coefficient (Wildman–Crippen LogP) is 3.32. The minimum absolute atomic E-state index is 0.0213. The first kappa shape index (κ1) is 15.4. The molecule has 1 aromatic rings. The Bertz CT molecular complexity index is 444. The molecule has 1 aromatic carbocycles. The summed E-state index contributed by atoms with van der Waals surface area (Å²) in [6.07, 6.45) is 0.755. The number of nitrogens with one attached hydrogen (secondary N) is 2. The largest absolute Gasteiger partial charge is 0.380 e. The first-order valence-electron chi connectivity index (χ1n) is 6.30. The monoisotopic (exact) mass is 270 g/mol. The molecule has 106 valence electrons. The summed E-state index contributed by atoms with van der Waals surface area (Å²) < 4.78 is 27.5. The topological polar surface area (TPSA) is 41.1 Å². The normalized spacial score (nSPS) is 11.3. The molecule has 0 atom stereocenters. The molecule has 0 aliphatic heterocycles. The lowest BCUT2D eigenvalue weighted by atomic mass is 10.1. The minimum Gasteiger partial charge on any atom is -0.380 e. The summed E-state index contributed by atoms with van der Waals surface area (Å²) >= 11 is 0. The second-order valence-electron chi connectivity index (χ2n) is 5.45. The van der Waals surface area contributed by atoms with Gasteiger partial charge in [0.1, 0.15) is 17.3 Å². The highest BCUT2D eigenvalue weighted by atomic mass is 19.1.